The van der Waals surface area contributed by atoms with Gasteiger partial charge in [-0.1, -0.05) is 43.5 Å². The minimum Gasteiger partial charge on any atom is -0.465 e. The monoisotopic (exact) mass is 527 g/mol. The van der Waals surface area contributed by atoms with Gasteiger partial charge in [0, 0.05) is 43.2 Å². The van der Waals surface area contributed by atoms with Crippen LogP contribution < -0.4 is 10.6 Å². The van der Waals surface area contributed by atoms with Crippen LogP contribution in [-0.4, -0.2) is 52.2 Å². The largest absolute Gasteiger partial charge is 0.465 e. The third-order valence-corrected chi connectivity index (χ3v) is 8.01. The molecule has 1 aromatic carbocycles. The van der Waals surface area contributed by atoms with Crippen LogP contribution in [0.3, 0.4) is 0 Å². The second-order valence-corrected chi connectivity index (χ2v) is 17.3. The lowest BCUT2D eigenvalue weighted by Crippen LogP contribution is -2.45. The highest BCUT2D eigenvalue weighted by atomic mass is 32.2. The summed E-state index contributed by atoms with van der Waals surface area (Å²) in [7, 11) is -1.22. The molecule has 0 aliphatic rings. The van der Waals surface area contributed by atoms with Crippen LogP contribution in [0, 0.1) is 0 Å². The highest BCUT2D eigenvalue weighted by molar-refractivity contribution is 7.98. The molecule has 2 aromatic heterocycles. The Morgan fingerprint density at radius 3 is 2.50 bits per heavy atom. The summed E-state index contributed by atoms with van der Waals surface area (Å²) in [6, 6.07) is 12.3. The minimum atomic E-state index is -1.22. The smallest absolute Gasteiger partial charge is 0.412 e. The Balaban J connectivity index is 2.14. The number of nitrogen functional groups attached to an aromatic ring is 1. The van der Waals surface area contributed by atoms with Gasteiger partial charge in [-0.3, -0.25) is 9.47 Å². The average Bonchev–Trinajstić information content (AvgIpc) is 3.13. The zero-order chi connectivity index (χ0) is 26.7. The van der Waals surface area contributed by atoms with E-state index in [1.54, 1.807) is 12.3 Å². The maximum Gasteiger partial charge on any atom is 0.412 e. The molecular formula is C26H37N5O3SSi. The summed E-state index contributed by atoms with van der Waals surface area (Å²) < 4.78 is 8.19. The predicted octanol–water partition coefficient (Wildman–Crippen LogP) is 6.51. The van der Waals surface area contributed by atoms with E-state index in [4.69, 9.17) is 15.5 Å². The van der Waals surface area contributed by atoms with Crippen LogP contribution in [0.1, 0.15) is 20.8 Å². The fourth-order valence-electron chi connectivity index (χ4n) is 3.91. The van der Waals surface area contributed by atoms with Crippen molar-refractivity contribution >= 4 is 37.4 Å². The predicted molar refractivity (Wildman–Crippen MR) is 151 cm³/mol. The van der Waals surface area contributed by atoms with Gasteiger partial charge in [-0.2, -0.15) is 0 Å². The number of carbonyl (C=O) groups is 1. The molecule has 2 heterocycles. The molecule has 0 unspecified atom stereocenters. The van der Waals surface area contributed by atoms with Crippen LogP contribution in [0.15, 0.2) is 47.8 Å². The summed E-state index contributed by atoms with van der Waals surface area (Å²) in [6.07, 6.45) is 2.66. The minimum absolute atomic E-state index is 0.355. The lowest BCUT2D eigenvalue weighted by atomic mass is 10.0. The molecular weight excluding hydrogens is 490 g/mol. The Morgan fingerprint density at radius 1 is 1.19 bits per heavy atom. The van der Waals surface area contributed by atoms with Gasteiger partial charge in [0.05, 0.1) is 11.4 Å². The first-order valence-electron chi connectivity index (χ1n) is 11.9. The topological polar surface area (TPSA) is 107 Å². The number of ether oxygens (including phenoxy) is 1. The van der Waals surface area contributed by atoms with Crippen LogP contribution in [-0.2, 0) is 11.5 Å². The van der Waals surface area contributed by atoms with Crippen molar-refractivity contribution in [3.63, 3.8) is 0 Å². The molecule has 0 atom stereocenters. The van der Waals surface area contributed by atoms with Crippen molar-refractivity contribution in [1.82, 2.24) is 14.5 Å². The quantitative estimate of drug-likeness (QED) is 0.185. The molecule has 1 amide bonds. The summed E-state index contributed by atoms with van der Waals surface area (Å²) in [6.45, 7) is 13.6. The lowest BCUT2D eigenvalue weighted by molar-refractivity contribution is 0.0825. The Labute approximate surface area is 218 Å². The summed E-state index contributed by atoms with van der Waals surface area (Å²) in [4.78, 5) is 22.6. The fourth-order valence-corrected chi connectivity index (χ4v) is 5.21. The van der Waals surface area contributed by atoms with E-state index in [0.717, 1.165) is 33.7 Å². The molecule has 3 rings (SSSR count). The Morgan fingerprint density at radius 2 is 1.92 bits per heavy atom. The normalized spacial score (nSPS) is 12.1. The van der Waals surface area contributed by atoms with E-state index in [0.29, 0.717) is 24.8 Å². The molecule has 0 bridgehead atoms. The molecule has 0 aliphatic carbocycles. The molecule has 0 radical (unpaired) electrons. The van der Waals surface area contributed by atoms with Gasteiger partial charge in [0.2, 0.25) is 0 Å². The molecule has 0 saturated heterocycles. The van der Waals surface area contributed by atoms with Gasteiger partial charge in [0.15, 0.2) is 5.16 Å². The number of benzene rings is 1. The number of nitrogens with two attached hydrogens (primary N) is 1. The van der Waals surface area contributed by atoms with Gasteiger partial charge in [-0.05, 0) is 57.3 Å². The lowest BCUT2D eigenvalue weighted by Gasteiger charge is -2.33. The third kappa shape index (κ3) is 6.68. The number of nitrogens with zero attached hydrogens (tertiary/aromatic N) is 4. The van der Waals surface area contributed by atoms with Crippen molar-refractivity contribution in [2.75, 3.05) is 23.5 Å². The third-order valence-electron chi connectivity index (χ3n) is 5.63. The number of hydrogen-bond acceptors (Lipinski definition) is 6. The zero-order valence-corrected chi connectivity index (χ0v) is 24.0. The van der Waals surface area contributed by atoms with Crippen LogP contribution in [0.25, 0.3) is 22.5 Å². The van der Waals surface area contributed by atoms with E-state index in [-0.39, 0.29) is 0 Å². The standard InChI is InChI=1S/C26H37N5O3SSi/c1-26(2,3)31(25(32)33)20-10-8-9-18(15-20)22-23(19-11-12-28-21(27)16-19)30(24(29-22)35-4)17-34-13-14-36(5,6)7/h8-12,15-16H,13-14,17H2,1-7H3,(H2,27,28)(H,32,33). The fraction of sp³-hybridized carbons (Fsp3) is 0.423. The summed E-state index contributed by atoms with van der Waals surface area (Å²) in [5.41, 5.74) is 9.29. The number of imidazole rings is 1. The molecule has 0 fully saturated rings. The van der Waals surface area contributed by atoms with Gasteiger partial charge in [-0.25, -0.2) is 14.8 Å². The summed E-state index contributed by atoms with van der Waals surface area (Å²) >= 11 is 1.54. The maximum atomic E-state index is 12.1. The van der Waals surface area contributed by atoms with Crippen molar-refractivity contribution in [2.24, 2.45) is 0 Å². The van der Waals surface area contributed by atoms with Crippen LogP contribution in [0.2, 0.25) is 25.7 Å². The van der Waals surface area contributed by atoms with Crippen LogP contribution in [0.5, 0.6) is 0 Å². The maximum absolute atomic E-state index is 12.1. The molecule has 0 saturated carbocycles. The number of hydrogen-bond donors (Lipinski definition) is 2. The van der Waals surface area contributed by atoms with E-state index in [1.165, 1.54) is 16.7 Å². The number of pyridine rings is 1. The number of carboxylic acid groups (broad SMARTS) is 1. The second-order valence-electron chi connectivity index (χ2n) is 10.9. The molecule has 0 aliphatic heterocycles. The van der Waals surface area contributed by atoms with E-state index >= 15 is 0 Å². The molecule has 10 heteroatoms. The van der Waals surface area contributed by atoms with Crippen LogP contribution in [0.4, 0.5) is 16.3 Å². The number of anilines is 2. The molecule has 3 N–H and O–H groups in total. The van der Waals surface area contributed by atoms with E-state index in [9.17, 15) is 9.90 Å². The first-order valence-corrected chi connectivity index (χ1v) is 16.8. The number of rotatable bonds is 9. The van der Waals surface area contributed by atoms with E-state index < -0.39 is 19.7 Å². The summed E-state index contributed by atoms with van der Waals surface area (Å²) in [5, 5.41) is 10.7. The van der Waals surface area contributed by atoms with Crippen molar-refractivity contribution in [2.45, 2.75) is 63.9 Å². The Bertz CT molecular complexity index is 1220. The number of thioether (sulfide) groups is 1. The Kier molecular flexibility index (Phi) is 8.53. The van der Waals surface area contributed by atoms with E-state index in [1.807, 2.05) is 57.4 Å². The van der Waals surface area contributed by atoms with Gasteiger partial charge in [-0.15, -0.1) is 0 Å². The van der Waals surface area contributed by atoms with Crippen molar-refractivity contribution in [1.29, 1.82) is 0 Å². The highest BCUT2D eigenvalue weighted by Crippen LogP contribution is 2.38. The molecule has 194 valence electrons. The van der Waals surface area contributed by atoms with Crippen LogP contribution >= 0.6 is 11.8 Å². The van der Waals surface area contributed by atoms with E-state index in [2.05, 4.69) is 29.2 Å². The number of aromatic nitrogens is 3. The van der Waals surface area contributed by atoms with Gasteiger partial charge < -0.3 is 15.6 Å². The zero-order valence-electron chi connectivity index (χ0n) is 22.2. The van der Waals surface area contributed by atoms with Gasteiger partial charge in [0.25, 0.3) is 0 Å². The first-order chi connectivity index (χ1) is 16.8. The van der Waals surface area contributed by atoms with Gasteiger partial charge in [0.1, 0.15) is 12.5 Å². The number of amides is 1. The molecule has 3 aromatic rings. The van der Waals surface area contributed by atoms with Crippen molar-refractivity contribution in [3.05, 3.63) is 42.6 Å². The second kappa shape index (κ2) is 11.1. The SMILES string of the molecule is CSc1nc(-c2cccc(N(C(=O)O)C(C)(C)C)c2)c(-c2ccnc(N)c2)n1COCC[Si](C)(C)C. The highest BCUT2D eigenvalue weighted by Gasteiger charge is 2.29. The molecule has 36 heavy (non-hydrogen) atoms. The summed E-state index contributed by atoms with van der Waals surface area (Å²) in [5.74, 6) is 0.412. The molecule has 8 nitrogen and oxygen atoms in total. The molecule has 0 spiro atoms. The first kappa shape index (κ1) is 27.8. The average molecular weight is 528 g/mol. The van der Waals surface area contributed by atoms with Crippen molar-refractivity contribution in [3.8, 4) is 22.5 Å². The Hall–Kier alpha value is -2.82. The van der Waals surface area contributed by atoms with Crippen molar-refractivity contribution < 1.29 is 14.6 Å². The van der Waals surface area contributed by atoms with Gasteiger partial charge >= 0.3 is 6.09 Å².